The Morgan fingerprint density at radius 3 is 2.71 bits per heavy atom. The maximum atomic E-state index is 11.6. The zero-order chi connectivity index (χ0) is 16.0. The molecule has 0 aliphatic carbocycles. The van der Waals surface area contributed by atoms with Gasteiger partial charge in [0.25, 0.3) is 5.69 Å². The number of amides is 2. The number of carboxylic acids is 1. The second kappa shape index (κ2) is 7.55. The number of benzene rings is 1. The van der Waals surface area contributed by atoms with E-state index in [0.29, 0.717) is 0 Å². The summed E-state index contributed by atoms with van der Waals surface area (Å²) in [5.41, 5.74) is -0.000189. The molecule has 1 atom stereocenters. The zero-order valence-corrected chi connectivity index (χ0v) is 12.4. The van der Waals surface area contributed by atoms with Gasteiger partial charge in [0.05, 0.1) is 15.9 Å². The first-order valence-corrected chi connectivity index (χ1v) is 6.39. The van der Waals surface area contributed by atoms with Gasteiger partial charge in [-0.15, -0.1) is 0 Å². The van der Waals surface area contributed by atoms with Crippen LogP contribution in [0.5, 0.6) is 0 Å². The molecular weight excluding hydrogens is 350 g/mol. The van der Waals surface area contributed by atoms with Crippen molar-refractivity contribution in [2.75, 3.05) is 19.0 Å². The van der Waals surface area contributed by atoms with Crippen molar-refractivity contribution in [1.82, 2.24) is 5.32 Å². The average molecular weight is 362 g/mol. The molecule has 1 aromatic rings. The molecule has 2 amide bonds. The molecule has 10 heteroatoms. The predicted molar refractivity (Wildman–Crippen MR) is 76.3 cm³/mol. The van der Waals surface area contributed by atoms with Gasteiger partial charge >= 0.3 is 12.0 Å². The minimum atomic E-state index is -1.21. The lowest BCUT2D eigenvalue weighted by Crippen LogP contribution is -2.39. The Labute approximate surface area is 127 Å². The maximum Gasteiger partial charge on any atom is 0.334 e. The Balaban J connectivity index is 2.65. The molecule has 0 radical (unpaired) electrons. The molecule has 1 aromatic carbocycles. The molecule has 0 fully saturated rings. The fraction of sp³-hybridized carbons (Fsp3) is 0.273. The van der Waals surface area contributed by atoms with E-state index < -0.39 is 23.0 Å². The Hall–Kier alpha value is -2.20. The summed E-state index contributed by atoms with van der Waals surface area (Å²) in [5, 5.41) is 24.1. The molecule has 1 rings (SSSR count). The van der Waals surface area contributed by atoms with E-state index in [0.717, 1.165) is 0 Å². The molecule has 0 aliphatic heterocycles. The van der Waals surface area contributed by atoms with Gasteiger partial charge in [0.2, 0.25) is 0 Å². The fourth-order valence-electron chi connectivity index (χ4n) is 1.36. The summed E-state index contributed by atoms with van der Waals surface area (Å²) in [6.45, 7) is -0.240. The van der Waals surface area contributed by atoms with E-state index in [1.54, 1.807) is 0 Å². The van der Waals surface area contributed by atoms with E-state index in [1.165, 1.54) is 25.3 Å². The van der Waals surface area contributed by atoms with Crippen LogP contribution in [0.3, 0.4) is 0 Å². The number of nitro benzene ring substituents is 1. The Bertz CT molecular complexity index is 565. The van der Waals surface area contributed by atoms with Crippen LogP contribution < -0.4 is 10.6 Å². The number of nitrogens with one attached hydrogen (secondary N) is 2. The number of nitro groups is 1. The third-order valence-electron chi connectivity index (χ3n) is 2.41. The molecule has 114 valence electrons. The summed E-state index contributed by atoms with van der Waals surface area (Å²) in [7, 11) is 1.20. The fourth-order valence-corrected chi connectivity index (χ4v) is 1.75. The van der Waals surface area contributed by atoms with Gasteiger partial charge in [-0.1, -0.05) is 0 Å². The van der Waals surface area contributed by atoms with Gasteiger partial charge in [0.1, 0.15) is 0 Å². The van der Waals surface area contributed by atoms with Crippen LogP contribution in [0.1, 0.15) is 0 Å². The zero-order valence-electron chi connectivity index (χ0n) is 10.8. The minimum absolute atomic E-state index is 0.201. The van der Waals surface area contributed by atoms with Gasteiger partial charge in [-0.3, -0.25) is 10.1 Å². The van der Waals surface area contributed by atoms with Crippen LogP contribution >= 0.6 is 15.9 Å². The molecule has 3 N–H and O–H groups in total. The third-order valence-corrected chi connectivity index (χ3v) is 3.08. The topological polar surface area (TPSA) is 131 Å². The van der Waals surface area contributed by atoms with Gasteiger partial charge in [0.15, 0.2) is 6.10 Å². The summed E-state index contributed by atoms with van der Waals surface area (Å²) < 4.78 is 4.92. The summed E-state index contributed by atoms with van der Waals surface area (Å²) in [6, 6.07) is 3.36. The smallest absolute Gasteiger partial charge is 0.334 e. The van der Waals surface area contributed by atoms with E-state index >= 15 is 0 Å². The van der Waals surface area contributed by atoms with E-state index in [9.17, 15) is 19.7 Å². The number of carboxylic acid groups (broad SMARTS) is 1. The molecule has 0 aromatic heterocycles. The summed E-state index contributed by atoms with van der Waals surface area (Å²) >= 11 is 3.02. The Morgan fingerprint density at radius 2 is 2.19 bits per heavy atom. The van der Waals surface area contributed by atoms with Crippen LogP contribution in [0.4, 0.5) is 16.2 Å². The first-order valence-electron chi connectivity index (χ1n) is 5.59. The van der Waals surface area contributed by atoms with Gasteiger partial charge in [0, 0.05) is 18.9 Å². The van der Waals surface area contributed by atoms with Crippen molar-refractivity contribution in [3.63, 3.8) is 0 Å². The number of anilines is 1. The molecule has 0 aliphatic rings. The highest BCUT2D eigenvalue weighted by atomic mass is 79.9. The van der Waals surface area contributed by atoms with Crippen LogP contribution in [0.2, 0.25) is 0 Å². The number of hydrogen-bond donors (Lipinski definition) is 3. The molecule has 0 heterocycles. The number of hydrogen-bond acceptors (Lipinski definition) is 5. The van der Waals surface area contributed by atoms with E-state index in [1.807, 2.05) is 0 Å². The first kappa shape index (κ1) is 16.9. The van der Waals surface area contributed by atoms with Crippen LogP contribution in [0.15, 0.2) is 22.7 Å². The largest absolute Gasteiger partial charge is 0.479 e. The van der Waals surface area contributed by atoms with Crippen molar-refractivity contribution in [1.29, 1.82) is 0 Å². The third kappa shape index (κ3) is 5.00. The monoisotopic (exact) mass is 361 g/mol. The van der Waals surface area contributed by atoms with Crippen LogP contribution in [0.25, 0.3) is 0 Å². The molecule has 0 saturated heterocycles. The number of aliphatic carboxylic acids is 1. The highest BCUT2D eigenvalue weighted by molar-refractivity contribution is 9.10. The maximum absolute atomic E-state index is 11.6. The number of rotatable bonds is 6. The van der Waals surface area contributed by atoms with Crippen LogP contribution in [0, 0.1) is 10.1 Å². The highest BCUT2D eigenvalue weighted by Crippen LogP contribution is 2.27. The van der Waals surface area contributed by atoms with Gasteiger partial charge in [-0.05, 0) is 28.1 Å². The van der Waals surface area contributed by atoms with E-state index in [4.69, 9.17) is 5.11 Å². The number of methoxy groups -OCH3 is 1. The van der Waals surface area contributed by atoms with Crippen molar-refractivity contribution in [2.24, 2.45) is 0 Å². The second-order valence-corrected chi connectivity index (χ2v) is 4.68. The van der Waals surface area contributed by atoms with Crippen molar-refractivity contribution in [3.8, 4) is 0 Å². The average Bonchev–Trinajstić information content (AvgIpc) is 2.41. The second-order valence-electron chi connectivity index (χ2n) is 3.82. The van der Waals surface area contributed by atoms with E-state index in [-0.39, 0.29) is 22.4 Å². The number of carbonyl (C=O) groups is 2. The van der Waals surface area contributed by atoms with Crippen molar-refractivity contribution >= 4 is 39.3 Å². The van der Waals surface area contributed by atoms with Gasteiger partial charge in [-0.25, -0.2) is 9.59 Å². The predicted octanol–water partition coefficient (Wildman–Crippen LogP) is 1.58. The number of halogens is 1. The van der Waals surface area contributed by atoms with Gasteiger partial charge in [-0.2, -0.15) is 0 Å². The summed E-state index contributed by atoms with van der Waals surface area (Å²) in [5.74, 6) is -1.21. The lowest BCUT2D eigenvalue weighted by Gasteiger charge is -2.12. The number of ether oxygens (including phenoxy) is 1. The number of carbonyl (C=O) groups excluding carboxylic acids is 1. The first-order chi connectivity index (χ1) is 9.85. The van der Waals surface area contributed by atoms with Crippen molar-refractivity contribution in [3.05, 3.63) is 32.8 Å². The summed E-state index contributed by atoms with van der Waals surface area (Å²) in [6.07, 6.45) is -1.17. The quantitative estimate of drug-likeness (QED) is 0.520. The lowest BCUT2D eigenvalue weighted by atomic mass is 10.3. The van der Waals surface area contributed by atoms with Crippen molar-refractivity contribution in [2.45, 2.75) is 6.10 Å². The Kier molecular flexibility index (Phi) is 6.06. The minimum Gasteiger partial charge on any atom is -0.479 e. The molecule has 1 unspecified atom stereocenters. The highest BCUT2D eigenvalue weighted by Gasteiger charge is 2.18. The van der Waals surface area contributed by atoms with E-state index in [2.05, 4.69) is 31.3 Å². The van der Waals surface area contributed by atoms with Crippen LogP contribution in [-0.4, -0.2) is 41.8 Å². The lowest BCUT2D eigenvalue weighted by molar-refractivity contribution is -0.385. The molecule has 0 bridgehead atoms. The molecule has 9 nitrogen and oxygen atoms in total. The molecular formula is C11H12BrN3O6. The normalized spacial score (nSPS) is 11.5. The SMILES string of the molecule is COC(CNC(=O)Nc1ccc(Br)c([N+](=O)[O-])c1)C(=O)O. The standard InChI is InChI=1S/C11H12BrN3O6/c1-21-9(10(16)17)5-13-11(18)14-6-2-3-7(12)8(4-6)15(19)20/h2-4,9H,5H2,1H3,(H,16,17)(H2,13,14,18). The molecule has 0 saturated carbocycles. The summed E-state index contributed by atoms with van der Waals surface area (Å²) in [4.78, 5) is 32.4. The Morgan fingerprint density at radius 1 is 1.52 bits per heavy atom. The van der Waals surface area contributed by atoms with Gasteiger partial charge < -0.3 is 20.5 Å². The van der Waals surface area contributed by atoms with Crippen molar-refractivity contribution < 1.29 is 24.4 Å². The molecule has 21 heavy (non-hydrogen) atoms. The number of nitrogens with zero attached hydrogens (tertiary/aromatic N) is 1. The molecule has 0 spiro atoms. The number of urea groups is 1. The van der Waals surface area contributed by atoms with Crippen LogP contribution in [-0.2, 0) is 9.53 Å².